The van der Waals surface area contributed by atoms with Crippen LogP contribution in [-0.2, 0) is 65.4 Å². The van der Waals surface area contributed by atoms with Crippen LogP contribution in [0.4, 0.5) is 0 Å². The van der Waals surface area contributed by atoms with Crippen molar-refractivity contribution in [2.24, 2.45) is 11.8 Å². The minimum atomic E-state index is -4.95. The van der Waals surface area contributed by atoms with Gasteiger partial charge in [0.1, 0.15) is 19.3 Å². The average molecular weight is 1340 g/mol. The number of phosphoric ester groups is 2. The van der Waals surface area contributed by atoms with Gasteiger partial charge >= 0.3 is 39.5 Å². The van der Waals surface area contributed by atoms with E-state index in [1.165, 1.54) is 186 Å². The molecule has 0 aromatic carbocycles. The van der Waals surface area contributed by atoms with E-state index >= 15 is 0 Å². The molecule has 540 valence electrons. The molecule has 19 heteroatoms. The molecule has 0 aromatic heterocycles. The van der Waals surface area contributed by atoms with Crippen LogP contribution in [0.3, 0.4) is 0 Å². The summed E-state index contributed by atoms with van der Waals surface area (Å²) in [6, 6.07) is 0. The monoisotopic (exact) mass is 1340 g/mol. The summed E-state index contributed by atoms with van der Waals surface area (Å²) >= 11 is 0. The summed E-state index contributed by atoms with van der Waals surface area (Å²) in [5.41, 5.74) is 0. The van der Waals surface area contributed by atoms with Crippen molar-refractivity contribution in [1.29, 1.82) is 0 Å². The van der Waals surface area contributed by atoms with Gasteiger partial charge in [0.25, 0.3) is 0 Å². The van der Waals surface area contributed by atoms with Gasteiger partial charge in [0.15, 0.2) is 12.2 Å². The standard InChI is InChI=1S/C72H140O17P2/c1-7-9-11-13-15-17-18-19-20-21-25-31-37-43-49-55-70(75)83-61-68(88-71(76)56-50-44-38-32-26-23-22-24-29-34-40-46-52-64(3)4)63-87-91(80,81)85-59-66(73)58-84-90(78,79)86-62-67(60-82-69(74)54-48-42-36-28-16-14-12-10-8-2)89-72(77)57-51-45-39-33-27-30-35-41-47-53-65(5)6/h64-68,73H,7-63H2,1-6H3,(H,78,79)(H,80,81)/t66-,67+,68+/m0/s1. The van der Waals surface area contributed by atoms with Gasteiger partial charge in [-0.25, -0.2) is 9.13 Å². The maximum Gasteiger partial charge on any atom is 0.472 e. The molecule has 0 rings (SSSR count). The zero-order valence-electron chi connectivity index (χ0n) is 59.1. The molecule has 0 radical (unpaired) electrons. The molecule has 0 aromatic rings. The van der Waals surface area contributed by atoms with E-state index in [-0.39, 0.29) is 25.7 Å². The van der Waals surface area contributed by atoms with Crippen LogP contribution in [0.15, 0.2) is 0 Å². The summed E-state index contributed by atoms with van der Waals surface area (Å²) in [6.45, 7) is 9.54. The van der Waals surface area contributed by atoms with Gasteiger partial charge in [0.2, 0.25) is 0 Å². The molecule has 0 amide bonds. The van der Waals surface area contributed by atoms with Crippen LogP contribution in [0, 0.1) is 11.8 Å². The van der Waals surface area contributed by atoms with E-state index in [1.807, 2.05) is 0 Å². The molecule has 0 fully saturated rings. The summed E-state index contributed by atoms with van der Waals surface area (Å²) in [6.07, 6.45) is 49.9. The van der Waals surface area contributed by atoms with E-state index in [2.05, 4.69) is 41.5 Å². The lowest BCUT2D eigenvalue weighted by Gasteiger charge is -2.21. The van der Waals surface area contributed by atoms with Gasteiger partial charge in [-0.15, -0.1) is 0 Å². The van der Waals surface area contributed by atoms with Crippen LogP contribution >= 0.6 is 15.6 Å². The Morgan fingerprint density at radius 3 is 0.747 bits per heavy atom. The van der Waals surface area contributed by atoms with Gasteiger partial charge in [-0.2, -0.15) is 0 Å². The minimum Gasteiger partial charge on any atom is -0.462 e. The number of unbranched alkanes of at least 4 members (excludes halogenated alkanes) is 41. The number of carbonyl (C=O) groups excluding carboxylic acids is 4. The third-order valence-corrected chi connectivity index (χ3v) is 18.6. The number of esters is 4. The first kappa shape index (κ1) is 89.1. The molecule has 0 heterocycles. The molecular formula is C72H140O17P2. The van der Waals surface area contributed by atoms with E-state index in [4.69, 9.17) is 37.0 Å². The number of ether oxygens (including phenoxy) is 4. The third-order valence-electron chi connectivity index (χ3n) is 16.7. The fourth-order valence-corrected chi connectivity index (χ4v) is 12.5. The molecule has 2 unspecified atom stereocenters. The molecule has 0 saturated carbocycles. The molecule has 0 aliphatic heterocycles. The number of rotatable bonds is 71. The van der Waals surface area contributed by atoms with Gasteiger partial charge in [-0.1, -0.05) is 318 Å². The van der Waals surface area contributed by atoms with Crippen molar-refractivity contribution in [2.75, 3.05) is 39.6 Å². The van der Waals surface area contributed by atoms with Crippen LogP contribution in [0.25, 0.3) is 0 Å². The largest absolute Gasteiger partial charge is 0.472 e. The molecule has 5 atom stereocenters. The van der Waals surface area contributed by atoms with Gasteiger partial charge in [-0.3, -0.25) is 37.3 Å². The van der Waals surface area contributed by atoms with E-state index < -0.39 is 97.5 Å². The van der Waals surface area contributed by atoms with Crippen molar-refractivity contribution >= 4 is 39.5 Å². The molecule has 91 heavy (non-hydrogen) atoms. The smallest absolute Gasteiger partial charge is 0.462 e. The predicted molar refractivity (Wildman–Crippen MR) is 368 cm³/mol. The van der Waals surface area contributed by atoms with Crippen LogP contribution in [-0.4, -0.2) is 96.7 Å². The number of aliphatic hydroxyl groups is 1. The first-order valence-corrected chi connectivity index (χ1v) is 40.5. The molecule has 3 N–H and O–H groups in total. The van der Waals surface area contributed by atoms with Crippen LogP contribution < -0.4 is 0 Å². The second-order valence-electron chi connectivity index (χ2n) is 26.9. The van der Waals surface area contributed by atoms with E-state index in [1.54, 1.807) is 0 Å². The highest BCUT2D eigenvalue weighted by Crippen LogP contribution is 2.45. The van der Waals surface area contributed by atoms with Gasteiger partial charge < -0.3 is 33.8 Å². The molecule has 0 aliphatic rings. The highest BCUT2D eigenvalue weighted by molar-refractivity contribution is 7.47. The minimum absolute atomic E-state index is 0.105. The maximum absolute atomic E-state index is 13.0. The second kappa shape index (κ2) is 64.1. The van der Waals surface area contributed by atoms with E-state index in [9.17, 15) is 43.2 Å². The fraction of sp³-hybridized carbons (Fsp3) is 0.944. The fourth-order valence-electron chi connectivity index (χ4n) is 10.9. The summed E-state index contributed by atoms with van der Waals surface area (Å²) in [5, 5.41) is 10.6. The number of aliphatic hydroxyl groups excluding tert-OH is 1. The van der Waals surface area contributed by atoms with E-state index in [0.29, 0.717) is 25.7 Å². The lowest BCUT2D eigenvalue weighted by molar-refractivity contribution is -0.161. The number of phosphoric acid groups is 2. The number of hydrogen-bond acceptors (Lipinski definition) is 15. The Kier molecular flexibility index (Phi) is 62.7. The Balaban J connectivity index is 5.24. The van der Waals surface area contributed by atoms with Crippen molar-refractivity contribution in [1.82, 2.24) is 0 Å². The Morgan fingerprint density at radius 1 is 0.297 bits per heavy atom. The topological polar surface area (TPSA) is 237 Å². The molecule has 0 bridgehead atoms. The Labute approximate surface area is 556 Å². The predicted octanol–water partition coefficient (Wildman–Crippen LogP) is 20.8. The molecular weight excluding hydrogens is 1200 g/mol. The zero-order valence-corrected chi connectivity index (χ0v) is 60.9. The van der Waals surface area contributed by atoms with Crippen molar-refractivity contribution in [3.8, 4) is 0 Å². The Morgan fingerprint density at radius 2 is 0.505 bits per heavy atom. The summed E-state index contributed by atoms with van der Waals surface area (Å²) < 4.78 is 68.3. The Bertz CT molecular complexity index is 1770. The highest BCUT2D eigenvalue weighted by atomic mass is 31.2. The van der Waals surface area contributed by atoms with Crippen molar-refractivity contribution in [3.05, 3.63) is 0 Å². The van der Waals surface area contributed by atoms with Crippen LogP contribution in [0.5, 0.6) is 0 Å². The number of carbonyl (C=O) groups is 4. The molecule has 0 saturated heterocycles. The molecule has 17 nitrogen and oxygen atoms in total. The summed E-state index contributed by atoms with van der Waals surface area (Å²) in [7, 11) is -9.90. The highest BCUT2D eigenvalue weighted by Gasteiger charge is 2.30. The Hall–Kier alpha value is -1.94. The van der Waals surface area contributed by atoms with Crippen molar-refractivity contribution in [3.63, 3.8) is 0 Å². The SMILES string of the molecule is CCCCCCCCCCCCCCCCCC(=O)OC[C@H](COP(=O)(O)OC[C@@H](O)COP(=O)(O)OC[C@@H](COC(=O)CCCCCCCCCCC)OC(=O)CCCCCCCCCCCC(C)C)OC(=O)CCCCCCCCCCCCCCC(C)C. The third kappa shape index (κ3) is 66.5. The van der Waals surface area contributed by atoms with E-state index in [0.717, 1.165) is 102 Å². The lowest BCUT2D eigenvalue weighted by atomic mass is 10.0. The average Bonchev–Trinajstić information content (AvgIpc) is 2.56. The van der Waals surface area contributed by atoms with Gasteiger partial charge in [-0.05, 0) is 37.5 Å². The summed E-state index contributed by atoms with van der Waals surface area (Å²) in [5.74, 6) is -0.608. The lowest BCUT2D eigenvalue weighted by Crippen LogP contribution is -2.30. The van der Waals surface area contributed by atoms with Gasteiger partial charge in [0, 0.05) is 25.7 Å². The normalized spacial score (nSPS) is 14.1. The summed E-state index contributed by atoms with van der Waals surface area (Å²) in [4.78, 5) is 72.6. The molecule has 0 spiro atoms. The zero-order chi connectivity index (χ0) is 67.2. The molecule has 0 aliphatic carbocycles. The quantitative estimate of drug-likeness (QED) is 0.0222. The second-order valence-corrected chi connectivity index (χ2v) is 29.8. The van der Waals surface area contributed by atoms with Crippen molar-refractivity contribution in [2.45, 2.75) is 387 Å². The van der Waals surface area contributed by atoms with Gasteiger partial charge in [0.05, 0.1) is 26.4 Å². The first-order valence-electron chi connectivity index (χ1n) is 37.5. The van der Waals surface area contributed by atoms with Crippen LogP contribution in [0.1, 0.15) is 369 Å². The van der Waals surface area contributed by atoms with Crippen molar-refractivity contribution < 1.29 is 80.2 Å². The number of hydrogen-bond donors (Lipinski definition) is 3. The first-order chi connectivity index (χ1) is 43.9. The maximum atomic E-state index is 13.0. The van der Waals surface area contributed by atoms with Crippen LogP contribution in [0.2, 0.25) is 0 Å².